The Kier molecular flexibility index (Phi) is 8.88. The van der Waals surface area contributed by atoms with E-state index >= 15 is 0 Å². The Morgan fingerprint density at radius 3 is 1.49 bits per heavy atom. The van der Waals surface area contributed by atoms with Crippen molar-refractivity contribution in [3.05, 3.63) is 71.3 Å². The second-order valence-electron chi connectivity index (χ2n) is 9.59. The summed E-state index contributed by atoms with van der Waals surface area (Å²) in [5.74, 6) is -2.14. The van der Waals surface area contributed by atoms with Gasteiger partial charge in [0.15, 0.2) is 0 Å². The van der Waals surface area contributed by atoms with Crippen molar-refractivity contribution in [1.29, 1.82) is 0 Å². The lowest BCUT2D eigenvalue weighted by Gasteiger charge is -2.38. The van der Waals surface area contributed by atoms with Crippen LogP contribution < -0.4 is 10.6 Å². The monoisotopic (exact) mass is 534 g/mol. The van der Waals surface area contributed by atoms with Crippen LogP contribution in [0.2, 0.25) is 0 Å². The molecule has 2 aromatic rings. The summed E-state index contributed by atoms with van der Waals surface area (Å²) in [4.78, 5) is 25.5. The van der Waals surface area contributed by atoms with Gasteiger partial charge in [0.1, 0.15) is 11.6 Å². The fourth-order valence-corrected chi connectivity index (χ4v) is 6.55. The molecule has 2 aliphatic rings. The Morgan fingerprint density at radius 1 is 0.730 bits per heavy atom. The first kappa shape index (κ1) is 27.2. The van der Waals surface area contributed by atoms with Gasteiger partial charge in [0, 0.05) is 39.3 Å². The highest BCUT2D eigenvalue weighted by molar-refractivity contribution is 7.86. The number of carbonyl (C=O) groups is 2. The van der Waals surface area contributed by atoms with E-state index < -0.39 is 22.0 Å². The Bertz CT molecular complexity index is 1100. The van der Waals surface area contributed by atoms with Crippen LogP contribution in [0.3, 0.4) is 0 Å². The van der Waals surface area contributed by atoms with Crippen molar-refractivity contribution in [3.63, 3.8) is 0 Å². The second kappa shape index (κ2) is 12.1. The van der Waals surface area contributed by atoms with Crippen molar-refractivity contribution < 1.29 is 26.8 Å². The van der Waals surface area contributed by atoms with E-state index in [1.165, 1.54) is 32.9 Å². The number of amides is 2. The van der Waals surface area contributed by atoms with Crippen molar-refractivity contribution >= 4 is 22.0 Å². The summed E-state index contributed by atoms with van der Waals surface area (Å²) in [5.41, 5.74) is 1.51. The minimum atomic E-state index is -3.84. The normalized spacial score (nSPS) is 21.4. The quantitative estimate of drug-likeness (QED) is 0.544. The summed E-state index contributed by atoms with van der Waals surface area (Å²) in [7, 11) is -3.84. The topological polar surface area (TPSA) is 98.8 Å². The first-order valence-electron chi connectivity index (χ1n) is 12.5. The van der Waals surface area contributed by atoms with Gasteiger partial charge in [-0.15, -0.1) is 0 Å². The number of nitrogens with zero attached hydrogens (tertiary/aromatic N) is 2. The number of benzene rings is 2. The summed E-state index contributed by atoms with van der Waals surface area (Å²) in [5, 5.41) is 5.64. The largest absolute Gasteiger partial charge is 0.352 e. The zero-order valence-corrected chi connectivity index (χ0v) is 21.4. The average molecular weight is 535 g/mol. The Balaban J connectivity index is 1.31. The third-order valence-electron chi connectivity index (χ3n) is 6.92. The van der Waals surface area contributed by atoms with Crippen LogP contribution in [-0.4, -0.2) is 55.0 Å². The molecule has 0 radical (unpaired) electrons. The third kappa shape index (κ3) is 7.12. The van der Waals surface area contributed by atoms with Gasteiger partial charge in [-0.2, -0.15) is 17.0 Å². The molecule has 2 heterocycles. The number of hydrogen-bond acceptors (Lipinski definition) is 4. The van der Waals surface area contributed by atoms with Gasteiger partial charge in [-0.25, -0.2) is 8.78 Å². The van der Waals surface area contributed by atoms with Gasteiger partial charge in [-0.05, 0) is 61.1 Å². The second-order valence-corrected chi connectivity index (χ2v) is 11.5. The van der Waals surface area contributed by atoms with Crippen LogP contribution in [0.1, 0.15) is 36.8 Å². The average Bonchev–Trinajstić information content (AvgIpc) is 2.92. The van der Waals surface area contributed by atoms with Crippen LogP contribution >= 0.6 is 0 Å². The van der Waals surface area contributed by atoms with Crippen molar-refractivity contribution in [2.45, 2.75) is 38.8 Å². The molecule has 200 valence electrons. The standard InChI is InChI=1S/C26H32F2N4O4S/c27-23-9-5-19(6-10-23)15-29-25(33)21-3-1-13-31(17-21)37(35,36)32-14-2-4-22(18-32)26(34)30-16-20-7-11-24(28)12-8-20/h5-12,21-22H,1-4,13-18H2,(H,29,33)(H,30,34)/t21-,22-/m0/s1. The molecule has 2 saturated heterocycles. The molecule has 0 saturated carbocycles. The summed E-state index contributed by atoms with van der Waals surface area (Å²) in [6, 6.07) is 11.7. The van der Waals surface area contributed by atoms with E-state index in [1.807, 2.05) is 0 Å². The van der Waals surface area contributed by atoms with Crippen LogP contribution in [0.5, 0.6) is 0 Å². The summed E-state index contributed by atoms with van der Waals surface area (Å²) < 4.78 is 55.7. The fraction of sp³-hybridized carbons (Fsp3) is 0.462. The highest BCUT2D eigenvalue weighted by Gasteiger charge is 2.39. The minimum absolute atomic E-state index is 0.0789. The predicted octanol–water partition coefficient (Wildman–Crippen LogP) is 2.57. The summed E-state index contributed by atoms with van der Waals surface area (Å²) >= 11 is 0. The van der Waals surface area contributed by atoms with Crippen LogP contribution in [-0.2, 0) is 32.9 Å². The minimum Gasteiger partial charge on any atom is -0.352 e. The van der Waals surface area contributed by atoms with Crippen LogP contribution in [0, 0.1) is 23.5 Å². The highest BCUT2D eigenvalue weighted by atomic mass is 32.2. The van der Waals surface area contributed by atoms with Gasteiger partial charge in [0.25, 0.3) is 10.2 Å². The number of carbonyl (C=O) groups excluding carboxylic acids is 2. The molecule has 0 aromatic heterocycles. The van der Waals surface area contributed by atoms with E-state index in [0.29, 0.717) is 38.8 Å². The maximum atomic E-state index is 13.4. The number of nitrogens with one attached hydrogen (secondary N) is 2. The third-order valence-corrected chi connectivity index (χ3v) is 8.89. The van der Waals surface area contributed by atoms with Crippen molar-refractivity contribution in [2.24, 2.45) is 11.8 Å². The molecule has 2 aliphatic heterocycles. The van der Waals surface area contributed by atoms with Gasteiger partial charge in [0.2, 0.25) is 11.8 Å². The molecular formula is C26H32F2N4O4S. The predicted molar refractivity (Wildman–Crippen MR) is 134 cm³/mol. The van der Waals surface area contributed by atoms with Gasteiger partial charge >= 0.3 is 0 Å². The molecule has 2 N–H and O–H groups in total. The molecule has 2 amide bonds. The smallest absolute Gasteiger partial charge is 0.282 e. The van der Waals surface area contributed by atoms with Crippen molar-refractivity contribution in [1.82, 2.24) is 19.2 Å². The van der Waals surface area contributed by atoms with Crippen molar-refractivity contribution in [3.8, 4) is 0 Å². The number of piperidine rings is 2. The lowest BCUT2D eigenvalue weighted by Crippen LogP contribution is -2.53. The molecule has 2 aromatic carbocycles. The molecule has 0 spiro atoms. The van der Waals surface area contributed by atoms with Gasteiger partial charge in [0.05, 0.1) is 11.8 Å². The zero-order chi connectivity index (χ0) is 26.4. The first-order valence-corrected chi connectivity index (χ1v) is 13.9. The molecule has 37 heavy (non-hydrogen) atoms. The molecule has 2 atom stereocenters. The molecule has 4 rings (SSSR count). The molecule has 8 nitrogen and oxygen atoms in total. The molecule has 11 heteroatoms. The number of hydrogen-bond donors (Lipinski definition) is 2. The van der Waals surface area contributed by atoms with E-state index in [0.717, 1.165) is 11.1 Å². The molecule has 0 aliphatic carbocycles. The first-order chi connectivity index (χ1) is 17.7. The molecular weight excluding hydrogens is 502 g/mol. The maximum Gasteiger partial charge on any atom is 0.282 e. The van der Waals surface area contributed by atoms with Gasteiger partial charge in [-0.3, -0.25) is 9.59 Å². The Morgan fingerprint density at radius 2 is 1.11 bits per heavy atom. The Labute approximate surface area is 216 Å². The lowest BCUT2D eigenvalue weighted by atomic mass is 9.98. The molecule has 0 bridgehead atoms. The SMILES string of the molecule is O=C(NCc1ccc(F)cc1)[C@H]1CCCN(S(=O)(=O)N2CCC[C@H](C(=O)NCc3ccc(F)cc3)C2)C1. The van der Waals surface area contributed by atoms with Crippen LogP contribution in [0.15, 0.2) is 48.5 Å². The maximum absolute atomic E-state index is 13.4. The van der Waals surface area contributed by atoms with Gasteiger partial charge in [-0.1, -0.05) is 24.3 Å². The van der Waals surface area contributed by atoms with E-state index in [1.54, 1.807) is 24.3 Å². The highest BCUT2D eigenvalue weighted by Crippen LogP contribution is 2.26. The van der Waals surface area contributed by atoms with Gasteiger partial charge < -0.3 is 10.6 Å². The summed E-state index contributed by atoms with van der Waals surface area (Å²) in [6.07, 6.45) is 2.28. The van der Waals surface area contributed by atoms with E-state index in [9.17, 15) is 26.8 Å². The molecule has 2 fully saturated rings. The number of rotatable bonds is 8. The van der Waals surface area contributed by atoms with E-state index in [4.69, 9.17) is 0 Å². The van der Waals surface area contributed by atoms with E-state index in [2.05, 4.69) is 10.6 Å². The van der Waals surface area contributed by atoms with Crippen LogP contribution in [0.4, 0.5) is 8.78 Å². The van der Waals surface area contributed by atoms with Crippen LogP contribution in [0.25, 0.3) is 0 Å². The lowest BCUT2D eigenvalue weighted by molar-refractivity contribution is -0.126. The Hall–Kier alpha value is -2.89. The van der Waals surface area contributed by atoms with Crippen molar-refractivity contribution in [2.75, 3.05) is 26.2 Å². The summed E-state index contributed by atoms with van der Waals surface area (Å²) in [6.45, 7) is 1.28. The van der Waals surface area contributed by atoms with E-state index in [-0.39, 0.29) is 49.6 Å². The molecule has 0 unspecified atom stereocenters. The number of halogens is 2. The zero-order valence-electron chi connectivity index (χ0n) is 20.5. The fourth-order valence-electron chi connectivity index (χ4n) is 4.77.